The van der Waals surface area contributed by atoms with Crippen LogP contribution in [0.4, 0.5) is 0 Å². The van der Waals surface area contributed by atoms with E-state index in [1.165, 1.54) is 0 Å². The van der Waals surface area contributed by atoms with Crippen molar-refractivity contribution in [3.05, 3.63) is 23.0 Å². The summed E-state index contributed by atoms with van der Waals surface area (Å²) in [5, 5.41) is 11.4. The van der Waals surface area contributed by atoms with Gasteiger partial charge in [0, 0.05) is 38.3 Å². The zero-order valence-corrected chi connectivity index (χ0v) is 12.0. The van der Waals surface area contributed by atoms with Gasteiger partial charge in [-0.15, -0.1) is 0 Å². The second-order valence-corrected chi connectivity index (χ2v) is 5.45. The van der Waals surface area contributed by atoms with E-state index in [1.54, 1.807) is 4.68 Å². The third kappa shape index (κ3) is 2.16. The van der Waals surface area contributed by atoms with Crippen LogP contribution in [0, 0.1) is 19.8 Å². The molecule has 0 aromatic carbocycles. The van der Waals surface area contributed by atoms with Crippen molar-refractivity contribution in [1.82, 2.24) is 25.4 Å². The van der Waals surface area contributed by atoms with Gasteiger partial charge in [0.05, 0.1) is 16.6 Å². The van der Waals surface area contributed by atoms with E-state index in [4.69, 9.17) is 0 Å². The van der Waals surface area contributed by atoms with Crippen LogP contribution in [-0.2, 0) is 7.05 Å². The van der Waals surface area contributed by atoms with Crippen LogP contribution < -0.4 is 10.6 Å². The van der Waals surface area contributed by atoms with Gasteiger partial charge in [-0.3, -0.25) is 9.48 Å². The predicted molar refractivity (Wildman–Crippen MR) is 76.7 cm³/mol. The van der Waals surface area contributed by atoms with E-state index in [0.717, 1.165) is 35.5 Å². The monoisotopic (exact) mass is 273 g/mol. The largest absolute Gasteiger partial charge is 0.352 e. The van der Waals surface area contributed by atoms with Gasteiger partial charge < -0.3 is 10.6 Å². The van der Waals surface area contributed by atoms with Crippen molar-refractivity contribution in [2.75, 3.05) is 19.6 Å². The number of hydrogen-bond donors (Lipinski definition) is 2. The summed E-state index contributed by atoms with van der Waals surface area (Å²) in [4.78, 5) is 16.9. The maximum atomic E-state index is 12.4. The first-order valence-corrected chi connectivity index (χ1v) is 6.86. The minimum Gasteiger partial charge on any atom is -0.352 e. The Morgan fingerprint density at radius 1 is 1.50 bits per heavy atom. The second kappa shape index (κ2) is 4.86. The van der Waals surface area contributed by atoms with Gasteiger partial charge >= 0.3 is 0 Å². The minimum absolute atomic E-state index is 0.0384. The standard InChI is InChI=1S/C14H19N5O/c1-8-4-11(14(20)16-7-10-5-15-6-10)12-9(2)18-19(3)13(12)17-8/h4,10,15H,5-7H2,1-3H3,(H,16,20). The molecule has 20 heavy (non-hydrogen) atoms. The molecule has 3 heterocycles. The number of amides is 1. The van der Waals surface area contributed by atoms with Crippen molar-refractivity contribution in [2.24, 2.45) is 13.0 Å². The van der Waals surface area contributed by atoms with Gasteiger partial charge in [-0.2, -0.15) is 5.10 Å². The molecule has 0 aliphatic carbocycles. The van der Waals surface area contributed by atoms with Crippen molar-refractivity contribution in [1.29, 1.82) is 0 Å². The summed E-state index contributed by atoms with van der Waals surface area (Å²) in [7, 11) is 1.85. The van der Waals surface area contributed by atoms with E-state index < -0.39 is 0 Å². The summed E-state index contributed by atoms with van der Waals surface area (Å²) in [6, 6.07) is 1.84. The average Bonchev–Trinajstić information content (AvgIpc) is 2.62. The van der Waals surface area contributed by atoms with E-state index in [0.29, 0.717) is 18.0 Å². The van der Waals surface area contributed by atoms with Crippen molar-refractivity contribution < 1.29 is 4.79 Å². The Kier molecular flexibility index (Phi) is 3.17. The van der Waals surface area contributed by atoms with Crippen LogP contribution in [0.1, 0.15) is 21.7 Å². The molecule has 2 aromatic heterocycles. The highest BCUT2D eigenvalue weighted by Crippen LogP contribution is 2.21. The SMILES string of the molecule is Cc1cc(C(=O)NCC2CNC2)c2c(C)nn(C)c2n1. The highest BCUT2D eigenvalue weighted by Gasteiger charge is 2.20. The molecular formula is C14H19N5O. The lowest BCUT2D eigenvalue weighted by Crippen LogP contribution is -2.48. The number of pyridine rings is 1. The fourth-order valence-electron chi connectivity index (χ4n) is 2.57. The number of carbonyl (C=O) groups excluding carboxylic acids is 1. The van der Waals surface area contributed by atoms with Gasteiger partial charge in [-0.1, -0.05) is 0 Å². The summed E-state index contributed by atoms with van der Waals surface area (Å²) in [6.07, 6.45) is 0. The molecule has 6 nitrogen and oxygen atoms in total. The molecule has 1 amide bonds. The van der Waals surface area contributed by atoms with Crippen LogP contribution in [0.5, 0.6) is 0 Å². The Morgan fingerprint density at radius 2 is 2.25 bits per heavy atom. The highest BCUT2D eigenvalue weighted by atomic mass is 16.1. The van der Waals surface area contributed by atoms with Crippen LogP contribution in [0.2, 0.25) is 0 Å². The summed E-state index contributed by atoms with van der Waals surface area (Å²) < 4.78 is 1.73. The molecule has 0 unspecified atom stereocenters. The Bertz CT molecular complexity index is 672. The van der Waals surface area contributed by atoms with Crippen LogP contribution in [0.25, 0.3) is 11.0 Å². The van der Waals surface area contributed by atoms with E-state index in [1.807, 2.05) is 27.0 Å². The summed E-state index contributed by atoms with van der Waals surface area (Å²) in [5.74, 6) is 0.510. The molecule has 1 aliphatic rings. The second-order valence-electron chi connectivity index (χ2n) is 5.45. The summed E-state index contributed by atoms with van der Waals surface area (Å²) in [6.45, 7) is 6.49. The molecule has 2 aromatic rings. The first-order chi connectivity index (χ1) is 9.56. The average molecular weight is 273 g/mol. The molecule has 1 fully saturated rings. The fraction of sp³-hybridized carbons (Fsp3) is 0.500. The fourth-order valence-corrected chi connectivity index (χ4v) is 2.57. The Labute approximate surface area is 117 Å². The Hall–Kier alpha value is -1.95. The molecule has 0 atom stereocenters. The quantitative estimate of drug-likeness (QED) is 0.856. The number of rotatable bonds is 3. The number of nitrogens with zero attached hydrogens (tertiary/aromatic N) is 3. The number of aryl methyl sites for hydroxylation is 3. The molecule has 106 valence electrons. The summed E-state index contributed by atoms with van der Waals surface area (Å²) in [5.41, 5.74) is 3.10. The first-order valence-electron chi connectivity index (χ1n) is 6.86. The van der Waals surface area contributed by atoms with Gasteiger partial charge in [0.1, 0.15) is 0 Å². The van der Waals surface area contributed by atoms with Gasteiger partial charge in [0.15, 0.2) is 5.65 Å². The number of nitrogens with one attached hydrogen (secondary N) is 2. The Balaban J connectivity index is 1.94. The van der Waals surface area contributed by atoms with Crippen molar-refractivity contribution in [3.63, 3.8) is 0 Å². The Morgan fingerprint density at radius 3 is 2.90 bits per heavy atom. The highest BCUT2D eigenvalue weighted by molar-refractivity contribution is 6.06. The van der Waals surface area contributed by atoms with E-state index >= 15 is 0 Å². The number of carbonyl (C=O) groups is 1. The lowest BCUT2D eigenvalue weighted by Gasteiger charge is -2.27. The molecule has 0 spiro atoms. The third-order valence-electron chi connectivity index (χ3n) is 3.76. The molecule has 6 heteroatoms. The van der Waals surface area contributed by atoms with Crippen molar-refractivity contribution in [2.45, 2.75) is 13.8 Å². The van der Waals surface area contributed by atoms with Crippen LogP contribution in [0.3, 0.4) is 0 Å². The molecule has 0 saturated carbocycles. The van der Waals surface area contributed by atoms with E-state index in [2.05, 4.69) is 20.7 Å². The molecule has 1 aliphatic heterocycles. The topological polar surface area (TPSA) is 71.8 Å². The maximum absolute atomic E-state index is 12.4. The van der Waals surface area contributed by atoms with Gasteiger partial charge in [-0.25, -0.2) is 4.98 Å². The maximum Gasteiger partial charge on any atom is 0.252 e. The van der Waals surface area contributed by atoms with E-state index in [9.17, 15) is 4.79 Å². The molecule has 1 saturated heterocycles. The van der Waals surface area contributed by atoms with Crippen LogP contribution in [0.15, 0.2) is 6.07 Å². The zero-order chi connectivity index (χ0) is 14.3. The third-order valence-corrected chi connectivity index (χ3v) is 3.76. The smallest absolute Gasteiger partial charge is 0.252 e. The first kappa shape index (κ1) is 13.1. The molecule has 0 bridgehead atoms. The number of fused-ring (bicyclic) bond motifs is 1. The molecule has 3 rings (SSSR count). The predicted octanol–water partition coefficient (Wildman–Crippen LogP) is 0.534. The summed E-state index contributed by atoms with van der Waals surface area (Å²) >= 11 is 0. The lowest BCUT2D eigenvalue weighted by molar-refractivity contribution is 0.0943. The van der Waals surface area contributed by atoms with Crippen molar-refractivity contribution >= 4 is 16.9 Å². The molecule has 2 N–H and O–H groups in total. The van der Waals surface area contributed by atoms with Crippen molar-refractivity contribution in [3.8, 4) is 0 Å². The van der Waals surface area contributed by atoms with Crippen LogP contribution in [-0.4, -0.2) is 40.3 Å². The number of hydrogen-bond acceptors (Lipinski definition) is 4. The van der Waals surface area contributed by atoms with Gasteiger partial charge in [-0.05, 0) is 19.9 Å². The van der Waals surface area contributed by atoms with Gasteiger partial charge in [0.2, 0.25) is 0 Å². The molecular weight excluding hydrogens is 254 g/mol. The zero-order valence-electron chi connectivity index (χ0n) is 12.0. The number of aromatic nitrogens is 3. The lowest BCUT2D eigenvalue weighted by atomic mass is 10.0. The normalized spacial score (nSPS) is 15.3. The van der Waals surface area contributed by atoms with Gasteiger partial charge in [0.25, 0.3) is 5.91 Å². The molecule has 0 radical (unpaired) electrons. The van der Waals surface area contributed by atoms with Crippen LogP contribution >= 0.6 is 0 Å². The minimum atomic E-state index is -0.0384. The van der Waals surface area contributed by atoms with E-state index in [-0.39, 0.29) is 5.91 Å².